The number of fused-ring (bicyclic) bond motifs is 4. The van der Waals surface area contributed by atoms with Gasteiger partial charge in [0.25, 0.3) is 11.8 Å². The highest BCUT2D eigenvalue weighted by atomic mass is 35.5. The topological polar surface area (TPSA) is 95.0 Å². The number of carbonyl (C=O) groups is 4. The van der Waals surface area contributed by atoms with Crippen molar-refractivity contribution in [1.29, 1.82) is 0 Å². The molecule has 44 heavy (non-hydrogen) atoms. The Hall–Kier alpha value is -3.43. The molecule has 0 spiro atoms. The lowest BCUT2D eigenvalue weighted by molar-refractivity contribution is -0.125. The van der Waals surface area contributed by atoms with Crippen LogP contribution in [0.25, 0.3) is 0 Å². The van der Waals surface area contributed by atoms with Crippen LogP contribution in [0.2, 0.25) is 10.0 Å². The molecule has 3 aromatic rings. The highest BCUT2D eigenvalue weighted by Gasteiger charge is 2.77. The fourth-order valence-electron chi connectivity index (χ4n) is 7.35. The van der Waals surface area contributed by atoms with Gasteiger partial charge in [0.1, 0.15) is 11.6 Å². The summed E-state index contributed by atoms with van der Waals surface area (Å²) in [6, 6.07) is 15.3. The number of hydrogen-bond acceptors (Lipinski definition) is 5. The average molecular weight is 674 g/mol. The maximum atomic E-state index is 14.3. The van der Waals surface area contributed by atoms with Gasteiger partial charge in [0.15, 0.2) is 9.75 Å². The van der Waals surface area contributed by atoms with Crippen molar-refractivity contribution in [3.8, 4) is 5.75 Å². The molecule has 2 aliphatic carbocycles. The van der Waals surface area contributed by atoms with Crippen molar-refractivity contribution in [2.45, 2.75) is 28.5 Å². The van der Waals surface area contributed by atoms with Gasteiger partial charge in [-0.2, -0.15) is 0 Å². The van der Waals surface area contributed by atoms with Crippen LogP contribution in [0.4, 0.5) is 15.8 Å². The molecule has 4 amide bonds. The lowest BCUT2D eigenvalue weighted by Crippen LogP contribution is -2.60. The summed E-state index contributed by atoms with van der Waals surface area (Å²) in [7, 11) is 0. The number of hydrogen-bond donors (Lipinski definition) is 1. The van der Waals surface area contributed by atoms with Gasteiger partial charge >= 0.3 is 0 Å². The Morgan fingerprint density at radius 2 is 1.39 bits per heavy atom. The van der Waals surface area contributed by atoms with Crippen LogP contribution in [0.15, 0.2) is 78.4 Å². The van der Waals surface area contributed by atoms with E-state index in [4.69, 9.17) is 46.4 Å². The van der Waals surface area contributed by atoms with Crippen molar-refractivity contribution in [3.05, 3.63) is 99.8 Å². The fraction of sp³-hybridized carbons (Fsp3) is 0.250. The Morgan fingerprint density at radius 3 is 2.07 bits per heavy atom. The first-order valence-corrected chi connectivity index (χ1v) is 15.2. The SMILES string of the molecule is O=C1[C@H]2[C@H](CC=C3[C@H]2C[C@@]2(Cl)C(=O)N(c4ccc(F)cc4)C(=O)[C@@]2(Cl)[C@H]3c2cc(Cl)ccc2O)C(=O)N1c1ccc(Cl)cc1. The van der Waals surface area contributed by atoms with Crippen LogP contribution in [0, 0.1) is 23.6 Å². The van der Waals surface area contributed by atoms with Gasteiger partial charge in [-0.05, 0) is 85.5 Å². The zero-order chi connectivity index (χ0) is 31.3. The molecule has 2 saturated heterocycles. The Labute approximate surface area is 270 Å². The molecule has 12 heteroatoms. The molecule has 2 heterocycles. The molecule has 3 aromatic carbocycles. The van der Waals surface area contributed by atoms with Crippen molar-refractivity contribution < 1.29 is 28.7 Å². The van der Waals surface area contributed by atoms with E-state index in [0.29, 0.717) is 16.3 Å². The van der Waals surface area contributed by atoms with Gasteiger partial charge in [0.2, 0.25) is 11.8 Å². The minimum atomic E-state index is -2.18. The highest BCUT2D eigenvalue weighted by molar-refractivity contribution is 6.58. The van der Waals surface area contributed by atoms with E-state index < -0.39 is 62.9 Å². The maximum Gasteiger partial charge on any atom is 0.258 e. The first-order valence-electron chi connectivity index (χ1n) is 13.7. The minimum Gasteiger partial charge on any atom is -0.508 e. The number of benzene rings is 3. The van der Waals surface area contributed by atoms with Gasteiger partial charge < -0.3 is 5.11 Å². The summed E-state index contributed by atoms with van der Waals surface area (Å²) in [5.41, 5.74) is 1.04. The van der Waals surface area contributed by atoms with Crippen molar-refractivity contribution in [1.82, 2.24) is 0 Å². The predicted molar refractivity (Wildman–Crippen MR) is 164 cm³/mol. The smallest absolute Gasteiger partial charge is 0.258 e. The van der Waals surface area contributed by atoms with Gasteiger partial charge in [0, 0.05) is 21.5 Å². The largest absolute Gasteiger partial charge is 0.508 e. The fourth-order valence-corrected chi connectivity index (χ4v) is 8.58. The molecule has 4 aliphatic rings. The van der Waals surface area contributed by atoms with E-state index in [-0.39, 0.29) is 34.9 Å². The van der Waals surface area contributed by atoms with Gasteiger partial charge in [-0.15, -0.1) is 23.2 Å². The summed E-state index contributed by atoms with van der Waals surface area (Å²) in [5.74, 6) is -7.16. The number of anilines is 2. The Kier molecular flexibility index (Phi) is 6.68. The van der Waals surface area contributed by atoms with Gasteiger partial charge in [-0.25, -0.2) is 9.29 Å². The van der Waals surface area contributed by atoms with E-state index in [0.717, 1.165) is 21.9 Å². The number of rotatable bonds is 3. The van der Waals surface area contributed by atoms with Crippen LogP contribution in [0.1, 0.15) is 24.3 Å². The van der Waals surface area contributed by atoms with E-state index in [9.17, 15) is 28.7 Å². The number of allylic oxidation sites excluding steroid dienone is 2. The van der Waals surface area contributed by atoms with Crippen LogP contribution >= 0.6 is 46.4 Å². The quantitative estimate of drug-likeness (QED) is 0.192. The Morgan fingerprint density at radius 1 is 0.773 bits per heavy atom. The van der Waals surface area contributed by atoms with E-state index in [1.807, 2.05) is 0 Å². The summed E-state index contributed by atoms with van der Waals surface area (Å²) < 4.78 is 13.8. The maximum absolute atomic E-state index is 14.3. The Balaban J connectivity index is 1.41. The van der Waals surface area contributed by atoms with Gasteiger partial charge in [0.05, 0.1) is 23.2 Å². The monoisotopic (exact) mass is 672 g/mol. The summed E-state index contributed by atoms with van der Waals surface area (Å²) in [6.45, 7) is 0. The Bertz CT molecular complexity index is 1820. The second-order valence-corrected chi connectivity index (χ2v) is 13.6. The zero-order valence-corrected chi connectivity index (χ0v) is 25.5. The number of carbonyl (C=O) groups excluding carboxylic acids is 4. The number of halogens is 5. The standard InChI is InChI=1S/C32H21Cl4FN2O5/c33-15-1-6-18(7-2-15)38-27(41)21-11-10-20-23(25(21)28(38)42)14-31(35)29(43)39(19-8-4-17(37)5-9-19)30(44)32(31,36)26(20)22-13-16(34)3-12-24(22)40/h1-10,12-13,21,23,25-26,40H,11,14H2/t21-,23+,25-,26+,31+,32-/m0/s1. The number of amides is 4. The van der Waals surface area contributed by atoms with Crippen LogP contribution in [0.3, 0.4) is 0 Å². The van der Waals surface area contributed by atoms with Gasteiger partial charge in [-0.1, -0.05) is 34.9 Å². The van der Waals surface area contributed by atoms with Crippen molar-refractivity contribution in [3.63, 3.8) is 0 Å². The summed E-state index contributed by atoms with van der Waals surface area (Å²) in [6.07, 6.45) is 1.65. The predicted octanol–water partition coefficient (Wildman–Crippen LogP) is 6.61. The van der Waals surface area contributed by atoms with E-state index in [1.54, 1.807) is 30.3 Å². The van der Waals surface area contributed by atoms with E-state index in [2.05, 4.69) is 0 Å². The minimum absolute atomic E-state index is 0.0563. The van der Waals surface area contributed by atoms with Crippen molar-refractivity contribution in [2.24, 2.45) is 17.8 Å². The molecule has 1 N–H and O–H groups in total. The van der Waals surface area contributed by atoms with Crippen molar-refractivity contribution in [2.75, 3.05) is 9.80 Å². The van der Waals surface area contributed by atoms with Crippen LogP contribution in [0.5, 0.6) is 5.75 Å². The highest BCUT2D eigenvalue weighted by Crippen LogP contribution is 2.66. The molecular formula is C32H21Cl4FN2O5. The first-order chi connectivity index (χ1) is 20.9. The molecule has 0 radical (unpaired) electrons. The molecule has 2 aliphatic heterocycles. The molecule has 3 fully saturated rings. The summed E-state index contributed by atoms with van der Waals surface area (Å²) >= 11 is 27.0. The normalized spacial score (nSPS) is 31.2. The third-order valence-corrected chi connectivity index (χ3v) is 11.2. The average Bonchev–Trinajstić information content (AvgIpc) is 3.33. The number of nitrogens with zero attached hydrogens (tertiary/aromatic N) is 2. The van der Waals surface area contributed by atoms with E-state index in [1.165, 1.54) is 30.3 Å². The number of phenols is 1. The lowest BCUT2D eigenvalue weighted by atomic mass is 9.56. The first kappa shape index (κ1) is 29.3. The number of phenolic OH excluding ortho intramolecular Hbond substituents is 1. The molecule has 0 unspecified atom stereocenters. The van der Waals surface area contributed by atoms with Crippen LogP contribution < -0.4 is 9.80 Å². The molecule has 0 bridgehead atoms. The second-order valence-electron chi connectivity index (χ2n) is 11.4. The van der Waals surface area contributed by atoms with Crippen LogP contribution in [-0.2, 0) is 19.2 Å². The molecule has 6 atom stereocenters. The molecular weight excluding hydrogens is 653 g/mol. The molecule has 7 nitrogen and oxygen atoms in total. The third kappa shape index (κ3) is 3.87. The molecule has 0 aromatic heterocycles. The third-order valence-electron chi connectivity index (χ3n) is 9.28. The lowest BCUT2D eigenvalue weighted by Gasteiger charge is -2.50. The molecule has 7 rings (SSSR count). The summed E-state index contributed by atoms with van der Waals surface area (Å²) in [5, 5.41) is 11.7. The zero-order valence-electron chi connectivity index (χ0n) is 22.5. The molecule has 1 saturated carbocycles. The number of alkyl halides is 2. The van der Waals surface area contributed by atoms with Gasteiger partial charge in [-0.3, -0.25) is 24.1 Å². The van der Waals surface area contributed by atoms with E-state index >= 15 is 0 Å². The molecule has 224 valence electrons. The van der Waals surface area contributed by atoms with Crippen LogP contribution in [-0.4, -0.2) is 38.5 Å². The number of aromatic hydroxyl groups is 1. The summed E-state index contributed by atoms with van der Waals surface area (Å²) in [4.78, 5) is 54.0. The number of imide groups is 2. The van der Waals surface area contributed by atoms with Crippen molar-refractivity contribution >= 4 is 81.4 Å². The second kappa shape index (κ2) is 10.0.